The maximum Gasteiger partial charge on any atom is 0.283 e. The number of rotatable bonds is 5. The van der Waals surface area contributed by atoms with Gasteiger partial charge in [-0.2, -0.15) is 0 Å². The van der Waals surface area contributed by atoms with E-state index in [1.54, 1.807) is 12.1 Å². The molecule has 6 heteroatoms. The number of amides is 1. The summed E-state index contributed by atoms with van der Waals surface area (Å²) in [4.78, 5) is 12.0. The van der Waals surface area contributed by atoms with Gasteiger partial charge in [0, 0.05) is 11.4 Å². The van der Waals surface area contributed by atoms with Gasteiger partial charge in [-0.15, -0.1) is 0 Å². The Labute approximate surface area is 160 Å². The van der Waals surface area contributed by atoms with Crippen molar-refractivity contribution in [1.82, 2.24) is 0 Å². The molecule has 0 radical (unpaired) electrons. The smallest absolute Gasteiger partial charge is 0.283 e. The number of hydrogen-bond acceptors (Lipinski definition) is 3. The number of nitrogens with one attached hydrogen (secondary N) is 1. The fourth-order valence-electron chi connectivity index (χ4n) is 1.94. The molecule has 2 aromatic rings. The first-order valence-corrected chi connectivity index (χ1v) is 12.4. The highest BCUT2D eigenvalue weighted by molar-refractivity contribution is 8.13. The summed E-state index contributed by atoms with van der Waals surface area (Å²) >= 11 is 1.18. The number of benzene rings is 2. The van der Waals surface area contributed by atoms with Crippen LogP contribution in [0.3, 0.4) is 0 Å². The van der Waals surface area contributed by atoms with E-state index < -0.39 is 8.32 Å². The molecule has 0 spiro atoms. The van der Waals surface area contributed by atoms with E-state index in [9.17, 15) is 9.18 Å². The van der Waals surface area contributed by atoms with Gasteiger partial charge in [0.05, 0.1) is 0 Å². The number of carbonyl (C=O) groups is 1. The molecule has 3 nitrogen and oxygen atoms in total. The zero-order valence-corrected chi connectivity index (χ0v) is 17.7. The van der Waals surface area contributed by atoms with Crippen molar-refractivity contribution in [1.29, 1.82) is 0 Å². The van der Waals surface area contributed by atoms with E-state index >= 15 is 0 Å². The predicted octanol–water partition coefficient (Wildman–Crippen LogP) is 6.68. The van der Waals surface area contributed by atoms with Crippen molar-refractivity contribution in [3.63, 3.8) is 0 Å². The zero-order chi connectivity index (χ0) is 19.4. The Bertz CT molecular complexity index is 740. The molecule has 0 atom stereocenters. The van der Waals surface area contributed by atoms with Crippen LogP contribution < -0.4 is 9.74 Å². The molecule has 0 aliphatic carbocycles. The fraction of sp³-hybridized carbons (Fsp3) is 0.350. The van der Waals surface area contributed by atoms with Crippen LogP contribution in [0.25, 0.3) is 0 Å². The van der Waals surface area contributed by atoms with Gasteiger partial charge in [-0.25, -0.2) is 4.39 Å². The van der Waals surface area contributed by atoms with Gasteiger partial charge in [-0.3, -0.25) is 4.79 Å². The lowest BCUT2D eigenvalue weighted by atomic mass is 10.2. The lowest BCUT2D eigenvalue weighted by Crippen LogP contribution is -2.43. The lowest BCUT2D eigenvalue weighted by Gasteiger charge is -2.36. The second-order valence-electron chi connectivity index (χ2n) is 7.71. The SMILES string of the molecule is CC(C)(C)[Si](C)(C)Oc1ccc(CSC(=O)Nc2ccc(F)cc2)cc1. The summed E-state index contributed by atoms with van der Waals surface area (Å²) in [6, 6.07) is 13.6. The van der Waals surface area contributed by atoms with Gasteiger partial charge in [0.2, 0.25) is 8.32 Å². The van der Waals surface area contributed by atoms with Crippen LogP contribution in [0, 0.1) is 5.82 Å². The fourth-order valence-corrected chi connectivity index (χ4v) is 3.65. The molecule has 0 saturated carbocycles. The summed E-state index contributed by atoms with van der Waals surface area (Å²) in [5.41, 5.74) is 1.63. The molecule has 0 unspecified atom stereocenters. The minimum Gasteiger partial charge on any atom is -0.544 e. The standard InChI is InChI=1S/C20H26FNO2SSi/c1-20(2,3)26(4,5)24-18-12-6-15(7-13-18)14-25-19(23)22-17-10-8-16(21)9-11-17/h6-13H,14H2,1-5H3,(H,22,23). The normalized spacial score (nSPS) is 11.9. The second kappa shape index (κ2) is 8.27. The third-order valence-electron chi connectivity index (χ3n) is 4.56. The van der Waals surface area contributed by atoms with Crippen molar-refractivity contribution in [2.75, 3.05) is 5.32 Å². The first-order valence-electron chi connectivity index (χ1n) is 8.54. The predicted molar refractivity (Wildman–Crippen MR) is 111 cm³/mol. The molecule has 0 aliphatic rings. The molecule has 0 fully saturated rings. The second-order valence-corrected chi connectivity index (χ2v) is 13.4. The highest BCUT2D eigenvalue weighted by atomic mass is 32.2. The Morgan fingerprint density at radius 2 is 1.65 bits per heavy atom. The molecule has 0 bridgehead atoms. The largest absolute Gasteiger partial charge is 0.544 e. The summed E-state index contributed by atoms with van der Waals surface area (Å²) < 4.78 is 19.1. The van der Waals surface area contributed by atoms with Crippen molar-refractivity contribution in [3.05, 3.63) is 59.9 Å². The van der Waals surface area contributed by atoms with Gasteiger partial charge in [0.25, 0.3) is 5.24 Å². The van der Waals surface area contributed by atoms with Crippen LogP contribution in [0.1, 0.15) is 26.3 Å². The molecule has 2 rings (SSSR count). The Morgan fingerprint density at radius 3 is 2.19 bits per heavy atom. The summed E-state index contributed by atoms with van der Waals surface area (Å²) in [5.74, 6) is 1.12. The summed E-state index contributed by atoms with van der Waals surface area (Å²) in [6.45, 7) is 11.1. The maximum absolute atomic E-state index is 12.9. The molecule has 1 amide bonds. The molecule has 140 valence electrons. The molecule has 0 saturated heterocycles. The van der Waals surface area contributed by atoms with Gasteiger partial charge in [-0.1, -0.05) is 44.7 Å². The van der Waals surface area contributed by atoms with Crippen LogP contribution in [-0.4, -0.2) is 13.6 Å². The van der Waals surface area contributed by atoms with Gasteiger partial charge in [0.15, 0.2) is 0 Å². The van der Waals surface area contributed by atoms with E-state index in [4.69, 9.17) is 4.43 Å². The summed E-state index contributed by atoms with van der Waals surface area (Å²) in [6.07, 6.45) is 0. The average molecular weight is 392 g/mol. The van der Waals surface area contributed by atoms with Gasteiger partial charge in [-0.05, 0) is 60.1 Å². The molecule has 0 heterocycles. The van der Waals surface area contributed by atoms with Crippen molar-refractivity contribution in [2.45, 2.75) is 44.7 Å². The Kier molecular flexibility index (Phi) is 6.52. The summed E-state index contributed by atoms with van der Waals surface area (Å²) in [5, 5.41) is 2.72. The topological polar surface area (TPSA) is 38.3 Å². The maximum atomic E-state index is 12.9. The number of thioether (sulfide) groups is 1. The van der Waals surface area contributed by atoms with Crippen molar-refractivity contribution in [3.8, 4) is 5.75 Å². The first-order chi connectivity index (χ1) is 12.1. The van der Waals surface area contributed by atoms with Crippen LogP contribution in [-0.2, 0) is 5.75 Å². The Balaban J connectivity index is 1.87. The van der Waals surface area contributed by atoms with Crippen molar-refractivity contribution < 1.29 is 13.6 Å². The molecule has 2 aromatic carbocycles. The van der Waals surface area contributed by atoms with Crippen LogP contribution >= 0.6 is 11.8 Å². The first kappa shape index (κ1) is 20.5. The van der Waals surface area contributed by atoms with Gasteiger partial charge >= 0.3 is 0 Å². The van der Waals surface area contributed by atoms with E-state index in [1.165, 1.54) is 23.9 Å². The van der Waals surface area contributed by atoms with E-state index in [0.717, 1.165) is 11.3 Å². The third kappa shape index (κ3) is 5.88. The Morgan fingerprint density at radius 1 is 1.08 bits per heavy atom. The van der Waals surface area contributed by atoms with Crippen LogP contribution in [0.15, 0.2) is 48.5 Å². The molecule has 0 aromatic heterocycles. The highest BCUT2D eigenvalue weighted by Gasteiger charge is 2.38. The molecule has 26 heavy (non-hydrogen) atoms. The third-order valence-corrected chi connectivity index (χ3v) is 9.76. The van der Waals surface area contributed by atoms with Crippen LogP contribution in [0.4, 0.5) is 14.9 Å². The molecule has 0 aliphatic heterocycles. The lowest BCUT2D eigenvalue weighted by molar-refractivity contribution is 0.269. The van der Waals surface area contributed by atoms with Crippen LogP contribution in [0.2, 0.25) is 18.1 Å². The van der Waals surface area contributed by atoms with E-state index in [2.05, 4.69) is 39.2 Å². The van der Waals surface area contributed by atoms with Gasteiger partial charge in [0.1, 0.15) is 11.6 Å². The minimum absolute atomic E-state index is 0.153. The van der Waals surface area contributed by atoms with E-state index in [0.29, 0.717) is 11.4 Å². The van der Waals surface area contributed by atoms with Crippen LogP contribution in [0.5, 0.6) is 5.75 Å². The molecular formula is C20H26FNO2SSi. The average Bonchev–Trinajstić information content (AvgIpc) is 2.55. The number of halogens is 1. The van der Waals surface area contributed by atoms with E-state index in [-0.39, 0.29) is 16.1 Å². The summed E-state index contributed by atoms with van der Waals surface area (Å²) in [7, 11) is -1.84. The van der Waals surface area contributed by atoms with Crippen molar-refractivity contribution in [2.24, 2.45) is 0 Å². The minimum atomic E-state index is -1.84. The quantitative estimate of drug-likeness (QED) is 0.578. The molecule has 1 N–H and O–H groups in total. The van der Waals surface area contributed by atoms with Gasteiger partial charge < -0.3 is 9.74 Å². The number of anilines is 1. The van der Waals surface area contributed by atoms with Crippen molar-refractivity contribution >= 4 is 31.0 Å². The zero-order valence-electron chi connectivity index (χ0n) is 15.9. The monoisotopic (exact) mass is 391 g/mol. The number of hydrogen-bond donors (Lipinski definition) is 1. The highest BCUT2D eigenvalue weighted by Crippen LogP contribution is 2.37. The Hall–Kier alpha value is -1.79. The number of carbonyl (C=O) groups excluding carboxylic acids is 1. The molecular weight excluding hydrogens is 365 g/mol. The van der Waals surface area contributed by atoms with E-state index in [1.807, 2.05) is 24.3 Å².